The topological polar surface area (TPSA) is 62.6 Å². The van der Waals surface area contributed by atoms with Crippen LogP contribution in [0.15, 0.2) is 52.3 Å². The van der Waals surface area contributed by atoms with Gasteiger partial charge in [-0.05, 0) is 67.7 Å². The first-order chi connectivity index (χ1) is 14.6. The van der Waals surface area contributed by atoms with Crippen LogP contribution in [0.5, 0.6) is 0 Å². The summed E-state index contributed by atoms with van der Waals surface area (Å²) in [6.45, 7) is 7.17. The second kappa shape index (κ2) is 10.8. The summed E-state index contributed by atoms with van der Waals surface area (Å²) < 4.78 is 5.56. The summed E-state index contributed by atoms with van der Waals surface area (Å²) in [5.41, 5.74) is 9.78. The van der Waals surface area contributed by atoms with E-state index in [-0.39, 0.29) is 12.4 Å². The number of benzene rings is 1. The molecule has 6 nitrogen and oxygen atoms in total. The van der Waals surface area contributed by atoms with Crippen molar-refractivity contribution in [2.45, 2.75) is 26.7 Å². The lowest BCUT2D eigenvalue weighted by Crippen LogP contribution is -2.36. The van der Waals surface area contributed by atoms with E-state index in [1.54, 1.807) is 0 Å². The van der Waals surface area contributed by atoms with Gasteiger partial charge in [0.1, 0.15) is 0 Å². The van der Waals surface area contributed by atoms with E-state index in [9.17, 15) is 0 Å². The number of aryl methyl sites for hydroxylation is 2. The van der Waals surface area contributed by atoms with Gasteiger partial charge in [-0.2, -0.15) is 5.10 Å². The molecule has 2 aromatic rings. The molecule has 0 atom stereocenters. The molecule has 0 radical (unpaired) electrons. The zero-order valence-electron chi connectivity index (χ0n) is 17.8. The van der Waals surface area contributed by atoms with Gasteiger partial charge in [0.15, 0.2) is 0 Å². The van der Waals surface area contributed by atoms with Crippen LogP contribution in [0.2, 0.25) is 5.02 Å². The summed E-state index contributed by atoms with van der Waals surface area (Å²) in [5, 5.41) is 5.19. The van der Waals surface area contributed by atoms with Crippen LogP contribution in [0.1, 0.15) is 29.8 Å². The predicted octanol–water partition coefficient (Wildman–Crippen LogP) is 5.03. The molecule has 1 aliphatic carbocycles. The molecule has 164 valence electrons. The minimum absolute atomic E-state index is 0. The minimum Gasteiger partial charge on any atom is -0.378 e. The van der Waals surface area contributed by atoms with E-state index in [0.717, 1.165) is 61.1 Å². The Balaban J connectivity index is 0.00000272. The van der Waals surface area contributed by atoms with E-state index in [1.165, 1.54) is 16.8 Å². The van der Waals surface area contributed by atoms with Crippen LogP contribution in [-0.2, 0) is 4.74 Å². The number of rotatable bonds is 5. The summed E-state index contributed by atoms with van der Waals surface area (Å²) in [7, 11) is 0. The highest BCUT2D eigenvalue weighted by atomic mass is 35.5. The molecule has 0 unspecified atom stereocenters. The van der Waals surface area contributed by atoms with Gasteiger partial charge in [0.2, 0.25) is 5.95 Å². The van der Waals surface area contributed by atoms with Crippen molar-refractivity contribution < 1.29 is 4.74 Å². The number of aromatic nitrogens is 2. The van der Waals surface area contributed by atoms with Gasteiger partial charge in [0.25, 0.3) is 0 Å². The second-order valence-corrected chi connectivity index (χ2v) is 7.98. The van der Waals surface area contributed by atoms with E-state index in [0.29, 0.717) is 5.95 Å². The molecule has 1 saturated heterocycles. The van der Waals surface area contributed by atoms with Crippen LogP contribution in [0.25, 0.3) is 6.08 Å². The molecule has 0 spiro atoms. The predicted molar refractivity (Wildman–Crippen MR) is 129 cm³/mol. The van der Waals surface area contributed by atoms with Crippen LogP contribution in [-0.4, -0.2) is 47.4 Å². The molecule has 2 aliphatic rings. The Kier molecular flexibility index (Phi) is 8.07. The van der Waals surface area contributed by atoms with Gasteiger partial charge in [0, 0.05) is 35.2 Å². The molecule has 1 fully saturated rings. The summed E-state index contributed by atoms with van der Waals surface area (Å²) in [6, 6.07) is 9.90. The molecule has 1 aromatic heterocycles. The van der Waals surface area contributed by atoms with Gasteiger partial charge in [-0.25, -0.2) is 15.4 Å². The standard InChI is InChI=1S/C23H26ClN5O.ClH/c1-16-13-17(2)27-23(26-16)28-25-15-20-6-5-19(14-18-3-7-21(24)8-4-18)22(20)29-9-11-30-12-10-29;/h3-4,7-8,13-15H,5-6,9-12H2,1-2H3,(H,26,27,28);1H. The molecule has 31 heavy (non-hydrogen) atoms. The van der Waals surface area contributed by atoms with Gasteiger partial charge in [0.05, 0.1) is 19.4 Å². The first-order valence-corrected chi connectivity index (χ1v) is 10.6. The van der Waals surface area contributed by atoms with Gasteiger partial charge in [-0.15, -0.1) is 12.4 Å². The van der Waals surface area contributed by atoms with Crippen LogP contribution in [0, 0.1) is 13.8 Å². The molecule has 2 heterocycles. The van der Waals surface area contributed by atoms with Crippen LogP contribution in [0.3, 0.4) is 0 Å². The highest BCUT2D eigenvalue weighted by Crippen LogP contribution is 2.35. The van der Waals surface area contributed by atoms with Crippen molar-refractivity contribution in [1.29, 1.82) is 0 Å². The largest absolute Gasteiger partial charge is 0.378 e. The molecule has 1 N–H and O–H groups in total. The Morgan fingerprint density at radius 3 is 2.42 bits per heavy atom. The maximum absolute atomic E-state index is 6.04. The van der Waals surface area contributed by atoms with Gasteiger partial charge >= 0.3 is 0 Å². The fourth-order valence-electron chi connectivity index (χ4n) is 3.88. The Labute approximate surface area is 194 Å². The molecule has 4 rings (SSSR count). The molecular weight excluding hydrogens is 433 g/mol. The molecule has 1 aromatic carbocycles. The number of morpholine rings is 1. The number of nitrogens with zero attached hydrogens (tertiary/aromatic N) is 4. The Morgan fingerprint density at radius 1 is 1.06 bits per heavy atom. The Hall–Kier alpha value is -2.41. The van der Waals surface area contributed by atoms with Crippen molar-refractivity contribution >= 4 is 42.2 Å². The van der Waals surface area contributed by atoms with E-state index in [1.807, 2.05) is 38.3 Å². The number of nitrogens with one attached hydrogen (secondary N) is 1. The number of hydrogen-bond donors (Lipinski definition) is 1. The molecule has 0 saturated carbocycles. The van der Waals surface area contributed by atoms with E-state index < -0.39 is 0 Å². The third kappa shape index (κ3) is 6.06. The average Bonchev–Trinajstić information content (AvgIpc) is 3.12. The van der Waals surface area contributed by atoms with Crippen molar-refractivity contribution in [2.24, 2.45) is 5.10 Å². The fourth-order valence-corrected chi connectivity index (χ4v) is 4.00. The Morgan fingerprint density at radius 2 is 1.74 bits per heavy atom. The molecule has 1 aliphatic heterocycles. The van der Waals surface area contributed by atoms with E-state index in [2.05, 4.69) is 43.6 Å². The molecular formula is C23H27Cl2N5O. The lowest BCUT2D eigenvalue weighted by molar-refractivity contribution is 0.0548. The summed E-state index contributed by atoms with van der Waals surface area (Å²) >= 11 is 6.04. The second-order valence-electron chi connectivity index (χ2n) is 7.54. The lowest BCUT2D eigenvalue weighted by atomic mass is 10.1. The van der Waals surface area contributed by atoms with Crippen molar-refractivity contribution in [2.75, 3.05) is 31.7 Å². The van der Waals surface area contributed by atoms with Gasteiger partial charge in [-0.1, -0.05) is 23.7 Å². The normalized spacial score (nSPS) is 18.0. The summed E-state index contributed by atoms with van der Waals surface area (Å²) in [6.07, 6.45) is 6.10. The fraction of sp³-hybridized carbons (Fsp3) is 0.348. The van der Waals surface area contributed by atoms with Crippen molar-refractivity contribution in [3.8, 4) is 0 Å². The molecule has 8 heteroatoms. The van der Waals surface area contributed by atoms with Crippen molar-refractivity contribution in [3.63, 3.8) is 0 Å². The number of hydrazone groups is 1. The zero-order valence-corrected chi connectivity index (χ0v) is 19.3. The van der Waals surface area contributed by atoms with E-state index in [4.69, 9.17) is 16.3 Å². The highest BCUT2D eigenvalue weighted by Gasteiger charge is 2.25. The number of allylic oxidation sites excluding steroid dienone is 2. The maximum Gasteiger partial charge on any atom is 0.243 e. The SMILES string of the molecule is Cc1cc(C)nc(NN=CC2=C(N3CCOCC3)C(=Cc3ccc(Cl)cc3)CC2)n1.Cl. The first-order valence-electron chi connectivity index (χ1n) is 10.2. The van der Waals surface area contributed by atoms with Crippen LogP contribution in [0.4, 0.5) is 5.95 Å². The quantitative estimate of drug-likeness (QED) is 0.501. The third-order valence-electron chi connectivity index (χ3n) is 5.18. The third-order valence-corrected chi connectivity index (χ3v) is 5.43. The smallest absolute Gasteiger partial charge is 0.243 e. The Bertz CT molecular complexity index is 975. The number of anilines is 1. The van der Waals surface area contributed by atoms with Gasteiger partial charge < -0.3 is 9.64 Å². The van der Waals surface area contributed by atoms with Crippen molar-refractivity contribution in [3.05, 3.63) is 69.1 Å². The first kappa shape index (κ1) is 23.3. The van der Waals surface area contributed by atoms with Crippen LogP contribution < -0.4 is 5.43 Å². The minimum atomic E-state index is 0. The number of halogens is 2. The monoisotopic (exact) mass is 459 g/mol. The van der Waals surface area contributed by atoms with E-state index >= 15 is 0 Å². The zero-order chi connectivity index (χ0) is 20.9. The number of hydrogen-bond acceptors (Lipinski definition) is 6. The van der Waals surface area contributed by atoms with Crippen LogP contribution >= 0.6 is 24.0 Å². The maximum atomic E-state index is 6.04. The summed E-state index contributed by atoms with van der Waals surface area (Å²) in [5.74, 6) is 0.521. The van der Waals surface area contributed by atoms with Gasteiger partial charge in [-0.3, -0.25) is 0 Å². The highest BCUT2D eigenvalue weighted by molar-refractivity contribution is 6.30. The number of ether oxygens (including phenoxy) is 1. The molecule has 0 bridgehead atoms. The molecule has 0 amide bonds. The summed E-state index contributed by atoms with van der Waals surface area (Å²) in [4.78, 5) is 11.2. The van der Waals surface area contributed by atoms with Crippen molar-refractivity contribution in [1.82, 2.24) is 14.9 Å². The lowest BCUT2D eigenvalue weighted by Gasteiger charge is -2.31. The average molecular weight is 460 g/mol.